The van der Waals surface area contributed by atoms with Crippen molar-refractivity contribution in [2.45, 2.75) is 0 Å². The summed E-state index contributed by atoms with van der Waals surface area (Å²) in [5.74, 6) is -0.314. The van der Waals surface area contributed by atoms with Crippen LogP contribution in [0.15, 0.2) is 58.4 Å². The quantitative estimate of drug-likeness (QED) is 0.574. The molecule has 0 aliphatic rings. The van der Waals surface area contributed by atoms with Crippen LogP contribution in [-0.4, -0.2) is 15.7 Å². The maximum Gasteiger partial charge on any atom is 0.259 e. The molecule has 2 aromatic carbocycles. The summed E-state index contributed by atoms with van der Waals surface area (Å²) < 4.78 is 12.8. The molecule has 0 unspecified atom stereocenters. The van der Waals surface area contributed by atoms with Crippen LogP contribution in [0.2, 0.25) is 0 Å². The van der Waals surface area contributed by atoms with Crippen LogP contribution in [0.3, 0.4) is 0 Å². The molecule has 3 rings (SSSR count). The van der Waals surface area contributed by atoms with Gasteiger partial charge < -0.3 is 4.98 Å². The lowest BCUT2D eigenvalue weighted by Gasteiger charge is -2.03. The molecule has 23 heavy (non-hydrogen) atoms. The van der Waals surface area contributed by atoms with Crippen LogP contribution >= 0.6 is 0 Å². The number of nitriles is 1. The predicted octanol–water partition coefficient (Wildman–Crippen LogP) is 2.40. The zero-order valence-electron chi connectivity index (χ0n) is 11.7. The number of fused-ring (bicyclic) bond motifs is 1. The van der Waals surface area contributed by atoms with E-state index in [0.29, 0.717) is 16.6 Å². The Balaban J connectivity index is 1.97. The number of para-hydroxylation sites is 1. The van der Waals surface area contributed by atoms with Crippen LogP contribution in [0.25, 0.3) is 10.9 Å². The van der Waals surface area contributed by atoms with Crippen molar-refractivity contribution in [2.24, 2.45) is 5.10 Å². The Morgan fingerprint density at radius 1 is 1.22 bits per heavy atom. The summed E-state index contributed by atoms with van der Waals surface area (Å²) in [7, 11) is 0. The van der Waals surface area contributed by atoms with Crippen molar-refractivity contribution in [3.05, 3.63) is 70.5 Å². The number of nitrogens with one attached hydrogen (secondary N) is 2. The van der Waals surface area contributed by atoms with E-state index in [1.54, 1.807) is 24.3 Å². The minimum absolute atomic E-state index is 0.0609. The number of rotatable bonds is 3. The lowest BCUT2D eigenvalue weighted by molar-refractivity contribution is 0.628. The van der Waals surface area contributed by atoms with Gasteiger partial charge in [0.05, 0.1) is 16.6 Å². The van der Waals surface area contributed by atoms with Gasteiger partial charge in [-0.3, -0.25) is 10.2 Å². The number of halogens is 1. The predicted molar refractivity (Wildman–Crippen MR) is 84.5 cm³/mol. The summed E-state index contributed by atoms with van der Waals surface area (Å²) in [5.41, 5.74) is 3.16. The van der Waals surface area contributed by atoms with E-state index in [-0.39, 0.29) is 22.9 Å². The summed E-state index contributed by atoms with van der Waals surface area (Å²) in [6.45, 7) is 0. The Morgan fingerprint density at radius 3 is 2.70 bits per heavy atom. The number of aromatic nitrogens is 2. The second-order valence-corrected chi connectivity index (χ2v) is 4.62. The van der Waals surface area contributed by atoms with Gasteiger partial charge in [-0.15, -0.1) is 0 Å². The number of hydrazone groups is 1. The van der Waals surface area contributed by atoms with Crippen molar-refractivity contribution < 1.29 is 4.39 Å². The van der Waals surface area contributed by atoms with Gasteiger partial charge >= 0.3 is 0 Å². The third-order valence-corrected chi connectivity index (χ3v) is 3.08. The van der Waals surface area contributed by atoms with E-state index < -0.39 is 0 Å². The Morgan fingerprint density at radius 2 is 1.96 bits per heavy atom. The molecule has 7 heteroatoms. The zero-order valence-corrected chi connectivity index (χ0v) is 11.7. The van der Waals surface area contributed by atoms with E-state index in [1.807, 2.05) is 6.07 Å². The Labute approximate surface area is 129 Å². The molecule has 0 aliphatic heterocycles. The Hall–Kier alpha value is -3.53. The molecule has 0 amide bonds. The lowest BCUT2D eigenvalue weighted by Crippen LogP contribution is -2.16. The van der Waals surface area contributed by atoms with Crippen molar-refractivity contribution in [1.82, 2.24) is 9.97 Å². The normalized spacial score (nSPS) is 11.2. The summed E-state index contributed by atoms with van der Waals surface area (Å²) in [6.07, 6.45) is 0. The fourth-order valence-electron chi connectivity index (χ4n) is 1.97. The van der Waals surface area contributed by atoms with Gasteiger partial charge in [-0.2, -0.15) is 10.4 Å². The SMILES string of the molecule is N#CC(=NNc1ccc(F)cc1)c1nc2ccccc2c(=O)[nH]1. The third-order valence-electron chi connectivity index (χ3n) is 3.08. The molecule has 0 saturated heterocycles. The summed E-state index contributed by atoms with van der Waals surface area (Å²) in [4.78, 5) is 18.8. The number of H-pyrrole nitrogens is 1. The first-order valence-electron chi connectivity index (χ1n) is 6.66. The van der Waals surface area contributed by atoms with Crippen LogP contribution in [0.4, 0.5) is 10.1 Å². The van der Waals surface area contributed by atoms with E-state index in [9.17, 15) is 14.4 Å². The average molecular weight is 307 g/mol. The highest BCUT2D eigenvalue weighted by molar-refractivity contribution is 6.10. The Bertz CT molecular complexity index is 986. The van der Waals surface area contributed by atoms with Gasteiger partial charge in [0.2, 0.25) is 5.71 Å². The smallest absolute Gasteiger partial charge is 0.259 e. The zero-order chi connectivity index (χ0) is 16.2. The molecular weight excluding hydrogens is 297 g/mol. The molecule has 0 spiro atoms. The molecule has 3 aromatic rings. The molecule has 0 fully saturated rings. The van der Waals surface area contributed by atoms with E-state index in [0.717, 1.165) is 0 Å². The third kappa shape index (κ3) is 3.06. The first-order chi connectivity index (χ1) is 11.2. The van der Waals surface area contributed by atoms with E-state index in [1.165, 1.54) is 24.3 Å². The molecule has 0 bridgehead atoms. The highest BCUT2D eigenvalue weighted by Crippen LogP contribution is 2.09. The average Bonchev–Trinajstić information content (AvgIpc) is 2.57. The van der Waals surface area contributed by atoms with E-state index >= 15 is 0 Å². The van der Waals surface area contributed by atoms with E-state index in [2.05, 4.69) is 20.5 Å². The monoisotopic (exact) mass is 307 g/mol. The number of aromatic amines is 1. The van der Waals surface area contributed by atoms with Gasteiger partial charge in [0, 0.05) is 0 Å². The number of nitrogens with zero attached hydrogens (tertiary/aromatic N) is 3. The van der Waals surface area contributed by atoms with E-state index in [4.69, 9.17) is 0 Å². The first kappa shape index (κ1) is 14.4. The molecule has 6 nitrogen and oxygen atoms in total. The Kier molecular flexibility index (Phi) is 3.80. The highest BCUT2D eigenvalue weighted by atomic mass is 19.1. The van der Waals surface area contributed by atoms with Gasteiger partial charge in [-0.1, -0.05) is 12.1 Å². The summed E-state index contributed by atoms with van der Waals surface area (Å²) in [5, 5.41) is 13.6. The van der Waals surface area contributed by atoms with Crippen LogP contribution in [0.5, 0.6) is 0 Å². The largest absolute Gasteiger partial charge is 0.304 e. The maximum absolute atomic E-state index is 12.8. The molecular formula is C16H10FN5O. The molecule has 2 N–H and O–H groups in total. The van der Waals surface area contributed by atoms with Gasteiger partial charge in [-0.25, -0.2) is 9.37 Å². The fraction of sp³-hybridized carbons (Fsp3) is 0. The van der Waals surface area contributed by atoms with Crippen LogP contribution in [-0.2, 0) is 0 Å². The molecule has 0 saturated carbocycles. The van der Waals surface area contributed by atoms with Crippen molar-refractivity contribution in [2.75, 3.05) is 5.43 Å². The summed E-state index contributed by atoms with van der Waals surface area (Å²) in [6, 6.07) is 14.2. The van der Waals surface area contributed by atoms with Crippen LogP contribution < -0.4 is 11.0 Å². The van der Waals surface area contributed by atoms with Gasteiger partial charge in [0.15, 0.2) is 5.82 Å². The second kappa shape index (κ2) is 6.07. The number of hydrogen-bond acceptors (Lipinski definition) is 5. The minimum atomic E-state index is -0.374. The van der Waals surface area contributed by atoms with Crippen molar-refractivity contribution in [3.63, 3.8) is 0 Å². The molecule has 112 valence electrons. The first-order valence-corrected chi connectivity index (χ1v) is 6.66. The van der Waals surface area contributed by atoms with Crippen molar-refractivity contribution >= 4 is 22.3 Å². The summed E-state index contributed by atoms with van der Waals surface area (Å²) >= 11 is 0. The molecule has 1 aromatic heterocycles. The van der Waals surface area contributed by atoms with Crippen molar-refractivity contribution in [3.8, 4) is 6.07 Å². The van der Waals surface area contributed by atoms with Crippen LogP contribution in [0, 0.1) is 17.1 Å². The minimum Gasteiger partial charge on any atom is -0.304 e. The molecule has 0 aliphatic carbocycles. The topological polar surface area (TPSA) is 93.9 Å². The van der Waals surface area contributed by atoms with Crippen LogP contribution in [0.1, 0.15) is 5.82 Å². The van der Waals surface area contributed by atoms with Gasteiger partial charge in [-0.05, 0) is 36.4 Å². The highest BCUT2D eigenvalue weighted by Gasteiger charge is 2.09. The fourth-order valence-corrected chi connectivity index (χ4v) is 1.97. The number of anilines is 1. The lowest BCUT2D eigenvalue weighted by atomic mass is 10.2. The van der Waals surface area contributed by atoms with Gasteiger partial charge in [0.1, 0.15) is 11.9 Å². The number of benzene rings is 2. The standard InChI is InChI=1S/C16H10FN5O/c17-10-5-7-11(8-6-10)21-22-14(9-18)15-19-13-4-2-1-3-12(13)16(23)20-15/h1-8,21H,(H,19,20,23). The van der Waals surface area contributed by atoms with Gasteiger partial charge in [0.25, 0.3) is 5.56 Å². The molecule has 0 radical (unpaired) electrons. The number of hydrogen-bond donors (Lipinski definition) is 2. The maximum atomic E-state index is 12.8. The van der Waals surface area contributed by atoms with Crippen molar-refractivity contribution in [1.29, 1.82) is 5.26 Å². The molecule has 0 atom stereocenters. The molecule has 1 heterocycles. The second-order valence-electron chi connectivity index (χ2n) is 4.62.